The molecule has 0 amide bonds. The second-order valence-electron chi connectivity index (χ2n) is 4.74. The molecule has 3 aromatic rings. The van der Waals surface area contributed by atoms with Crippen LogP contribution in [0.2, 0.25) is 5.02 Å². The number of aromatic amines is 1. The second kappa shape index (κ2) is 5.55. The molecule has 5 heteroatoms. The highest BCUT2D eigenvalue weighted by atomic mass is 35.5. The maximum atomic E-state index is 12.4. The molecule has 0 spiro atoms. The fourth-order valence-corrected chi connectivity index (χ4v) is 2.63. The number of nitrogens with zero attached hydrogens (tertiary/aromatic N) is 1. The van der Waals surface area contributed by atoms with Crippen LogP contribution < -0.4 is 10.3 Å². The van der Waals surface area contributed by atoms with E-state index in [0.717, 1.165) is 0 Å². The largest absolute Gasteiger partial charge is 0.497 e. The number of nitrogens with one attached hydrogen (secondary N) is 1. The Morgan fingerprint density at radius 2 is 2.05 bits per heavy atom. The van der Waals surface area contributed by atoms with Crippen molar-refractivity contribution in [1.82, 2.24) is 4.98 Å². The zero-order chi connectivity index (χ0) is 15.7. The Kier molecular flexibility index (Phi) is 3.58. The molecule has 1 heterocycles. The van der Waals surface area contributed by atoms with Gasteiger partial charge >= 0.3 is 0 Å². The lowest BCUT2D eigenvalue weighted by Crippen LogP contribution is -2.11. The topological polar surface area (TPSA) is 65.9 Å². The van der Waals surface area contributed by atoms with E-state index < -0.39 is 0 Å². The fourth-order valence-electron chi connectivity index (χ4n) is 2.43. The van der Waals surface area contributed by atoms with Gasteiger partial charge in [0.25, 0.3) is 5.56 Å². The molecule has 0 fully saturated rings. The molecule has 0 atom stereocenters. The third-order valence-electron chi connectivity index (χ3n) is 3.45. The summed E-state index contributed by atoms with van der Waals surface area (Å²) in [6.07, 6.45) is 0. The molecule has 22 heavy (non-hydrogen) atoms. The van der Waals surface area contributed by atoms with E-state index in [9.17, 15) is 10.1 Å². The van der Waals surface area contributed by atoms with Gasteiger partial charge in [0.2, 0.25) is 0 Å². The lowest BCUT2D eigenvalue weighted by Gasteiger charge is -2.09. The Balaban J connectivity index is 2.42. The molecule has 4 nitrogen and oxygen atoms in total. The van der Waals surface area contributed by atoms with Crippen molar-refractivity contribution in [3.8, 4) is 22.9 Å². The van der Waals surface area contributed by atoms with E-state index in [0.29, 0.717) is 38.4 Å². The lowest BCUT2D eigenvalue weighted by atomic mass is 9.98. The van der Waals surface area contributed by atoms with Crippen molar-refractivity contribution in [1.29, 1.82) is 5.26 Å². The van der Waals surface area contributed by atoms with E-state index in [1.54, 1.807) is 49.6 Å². The predicted octanol–water partition coefficient (Wildman–Crippen LogP) is 3.73. The molecule has 108 valence electrons. The third kappa shape index (κ3) is 2.32. The highest BCUT2D eigenvalue weighted by molar-refractivity contribution is 6.30. The van der Waals surface area contributed by atoms with Gasteiger partial charge in [0.15, 0.2) is 0 Å². The van der Waals surface area contributed by atoms with Crippen LogP contribution >= 0.6 is 11.6 Å². The van der Waals surface area contributed by atoms with Gasteiger partial charge in [-0.25, -0.2) is 0 Å². The summed E-state index contributed by atoms with van der Waals surface area (Å²) in [7, 11) is 1.55. The molecule has 1 aromatic heterocycles. The summed E-state index contributed by atoms with van der Waals surface area (Å²) in [6.45, 7) is 0. The number of hydrogen-bond donors (Lipinski definition) is 1. The van der Waals surface area contributed by atoms with E-state index in [1.807, 2.05) is 0 Å². The Labute approximate surface area is 131 Å². The third-order valence-corrected chi connectivity index (χ3v) is 3.68. The average molecular weight is 311 g/mol. The van der Waals surface area contributed by atoms with Crippen LogP contribution in [-0.4, -0.2) is 12.1 Å². The molecule has 0 aliphatic heterocycles. The zero-order valence-corrected chi connectivity index (χ0v) is 12.4. The number of rotatable bonds is 2. The standard InChI is InChI=1S/C17H11ClN2O2/c1-22-12-5-6-15-13(8-12)14(9-19)16(17(21)20-15)10-3-2-4-11(18)7-10/h2-8H,1H3,(H,20,21). The van der Waals surface area contributed by atoms with Crippen LogP contribution in [0.4, 0.5) is 0 Å². The van der Waals surface area contributed by atoms with Crippen LogP contribution in [0.1, 0.15) is 5.56 Å². The number of aromatic nitrogens is 1. The smallest absolute Gasteiger partial charge is 0.257 e. The number of methoxy groups -OCH3 is 1. The van der Waals surface area contributed by atoms with Gasteiger partial charge in [-0.2, -0.15) is 5.26 Å². The van der Waals surface area contributed by atoms with Crippen molar-refractivity contribution < 1.29 is 4.74 Å². The Hall–Kier alpha value is -2.77. The van der Waals surface area contributed by atoms with Gasteiger partial charge in [-0.05, 0) is 35.9 Å². The molecule has 0 radical (unpaired) electrons. The molecule has 0 saturated carbocycles. The summed E-state index contributed by atoms with van der Waals surface area (Å²) in [5.74, 6) is 0.619. The predicted molar refractivity (Wildman–Crippen MR) is 86.3 cm³/mol. The molecule has 3 rings (SSSR count). The van der Waals surface area contributed by atoms with Crippen molar-refractivity contribution in [2.75, 3.05) is 7.11 Å². The van der Waals surface area contributed by atoms with Crippen molar-refractivity contribution in [3.63, 3.8) is 0 Å². The summed E-state index contributed by atoms with van der Waals surface area (Å²) in [5.41, 5.74) is 1.49. The molecule has 1 N–H and O–H groups in total. The maximum Gasteiger partial charge on any atom is 0.257 e. The van der Waals surface area contributed by atoms with Gasteiger partial charge in [-0.1, -0.05) is 23.7 Å². The van der Waals surface area contributed by atoms with E-state index in [2.05, 4.69) is 11.1 Å². The number of halogens is 1. The minimum atomic E-state index is -0.323. The number of benzene rings is 2. The van der Waals surface area contributed by atoms with Gasteiger partial charge in [0, 0.05) is 15.9 Å². The van der Waals surface area contributed by atoms with Crippen LogP contribution in [0.15, 0.2) is 47.3 Å². The van der Waals surface area contributed by atoms with Gasteiger partial charge in [0.1, 0.15) is 11.8 Å². The lowest BCUT2D eigenvalue weighted by molar-refractivity contribution is 0.415. The summed E-state index contributed by atoms with van der Waals surface area (Å²) in [4.78, 5) is 15.2. The molecular formula is C17H11ClN2O2. The Morgan fingerprint density at radius 3 is 2.73 bits per heavy atom. The van der Waals surface area contributed by atoms with Gasteiger partial charge in [0.05, 0.1) is 18.2 Å². The molecule has 0 saturated heterocycles. The number of hydrogen-bond acceptors (Lipinski definition) is 3. The van der Waals surface area contributed by atoms with E-state index in [4.69, 9.17) is 16.3 Å². The Morgan fingerprint density at radius 1 is 1.23 bits per heavy atom. The van der Waals surface area contributed by atoms with E-state index in [-0.39, 0.29) is 5.56 Å². The van der Waals surface area contributed by atoms with Crippen molar-refractivity contribution in [3.05, 3.63) is 63.4 Å². The molecule has 0 aliphatic rings. The van der Waals surface area contributed by atoms with Crippen LogP contribution in [0.5, 0.6) is 5.75 Å². The van der Waals surface area contributed by atoms with Crippen molar-refractivity contribution >= 4 is 22.5 Å². The van der Waals surface area contributed by atoms with Crippen molar-refractivity contribution in [2.45, 2.75) is 0 Å². The van der Waals surface area contributed by atoms with Crippen molar-refractivity contribution in [2.24, 2.45) is 0 Å². The number of nitriles is 1. The highest BCUT2D eigenvalue weighted by Crippen LogP contribution is 2.29. The van der Waals surface area contributed by atoms with Crippen LogP contribution in [0.25, 0.3) is 22.0 Å². The van der Waals surface area contributed by atoms with Crippen LogP contribution in [0, 0.1) is 11.3 Å². The maximum absolute atomic E-state index is 12.4. The summed E-state index contributed by atoms with van der Waals surface area (Å²) < 4.78 is 5.19. The van der Waals surface area contributed by atoms with Gasteiger partial charge in [-0.3, -0.25) is 4.79 Å². The first-order valence-electron chi connectivity index (χ1n) is 6.54. The molecular weight excluding hydrogens is 300 g/mol. The number of pyridine rings is 1. The first-order valence-corrected chi connectivity index (χ1v) is 6.92. The monoisotopic (exact) mass is 310 g/mol. The van der Waals surface area contributed by atoms with E-state index >= 15 is 0 Å². The summed E-state index contributed by atoms with van der Waals surface area (Å²) in [5, 5.41) is 10.7. The molecule has 0 unspecified atom stereocenters. The first-order chi connectivity index (χ1) is 10.6. The van der Waals surface area contributed by atoms with Gasteiger partial charge < -0.3 is 9.72 Å². The molecule has 2 aromatic carbocycles. The highest BCUT2D eigenvalue weighted by Gasteiger charge is 2.15. The quantitative estimate of drug-likeness (QED) is 0.784. The number of fused-ring (bicyclic) bond motifs is 1. The second-order valence-corrected chi connectivity index (χ2v) is 5.17. The summed E-state index contributed by atoms with van der Waals surface area (Å²) in [6, 6.07) is 14.2. The molecule has 0 aliphatic carbocycles. The SMILES string of the molecule is COc1ccc2[nH]c(=O)c(-c3cccc(Cl)c3)c(C#N)c2c1. The van der Waals surface area contributed by atoms with E-state index in [1.165, 1.54) is 0 Å². The summed E-state index contributed by atoms with van der Waals surface area (Å²) >= 11 is 5.99. The molecule has 0 bridgehead atoms. The average Bonchev–Trinajstić information content (AvgIpc) is 2.53. The van der Waals surface area contributed by atoms with Gasteiger partial charge in [-0.15, -0.1) is 0 Å². The first kappa shape index (κ1) is 14.2. The minimum Gasteiger partial charge on any atom is -0.497 e. The zero-order valence-electron chi connectivity index (χ0n) is 11.7. The van der Waals surface area contributed by atoms with Crippen LogP contribution in [0.3, 0.4) is 0 Å². The Bertz CT molecular complexity index is 971. The minimum absolute atomic E-state index is 0.305. The fraction of sp³-hybridized carbons (Fsp3) is 0.0588. The number of H-pyrrole nitrogens is 1. The van der Waals surface area contributed by atoms with Crippen LogP contribution in [-0.2, 0) is 0 Å². The normalized spacial score (nSPS) is 10.4. The number of ether oxygens (including phenoxy) is 1.